The van der Waals surface area contributed by atoms with Crippen LogP contribution in [-0.2, 0) is 16.1 Å². The van der Waals surface area contributed by atoms with Crippen molar-refractivity contribution in [2.24, 2.45) is 0 Å². The minimum Gasteiger partial charge on any atom is -0.481 e. The first-order chi connectivity index (χ1) is 7.76. The highest BCUT2D eigenvalue weighted by molar-refractivity contribution is 6.31. The van der Waals surface area contributed by atoms with Gasteiger partial charge in [0, 0.05) is 0 Å². The molecule has 6 heteroatoms. The minimum atomic E-state index is -0.493. The summed E-state index contributed by atoms with van der Waals surface area (Å²) in [6, 6.07) is 1.65. The molecule has 1 N–H and O–H groups in total. The summed E-state index contributed by atoms with van der Waals surface area (Å²) in [6.45, 7) is 0.836. The molecule has 1 aromatic rings. The second-order valence-corrected chi connectivity index (χ2v) is 3.65. The molecular weight excluding hydrogens is 234 g/mol. The van der Waals surface area contributed by atoms with Gasteiger partial charge in [-0.1, -0.05) is 11.6 Å². The fraction of sp³-hybridized carbons (Fsp3) is 0.500. The Balaban J connectivity index is 2.39. The maximum absolute atomic E-state index is 9.03. The Morgan fingerprint density at radius 2 is 2.25 bits per heavy atom. The lowest BCUT2D eigenvalue weighted by atomic mass is 10.2. The normalized spacial score (nSPS) is 16.7. The van der Waals surface area contributed by atoms with Gasteiger partial charge in [0.05, 0.1) is 43.2 Å². The van der Waals surface area contributed by atoms with Gasteiger partial charge in [0.2, 0.25) is 5.88 Å². The van der Waals surface area contributed by atoms with E-state index in [0.717, 1.165) is 0 Å². The van der Waals surface area contributed by atoms with E-state index in [0.29, 0.717) is 35.4 Å². The molecule has 0 atom stereocenters. The monoisotopic (exact) mass is 245 g/mol. The number of halogens is 1. The molecule has 0 aliphatic carbocycles. The van der Waals surface area contributed by atoms with E-state index in [1.54, 1.807) is 6.07 Å². The number of ether oxygens (including phenoxy) is 3. The first kappa shape index (κ1) is 11.6. The van der Waals surface area contributed by atoms with E-state index in [1.807, 2.05) is 0 Å². The molecule has 5 nitrogen and oxygen atoms in total. The average molecular weight is 246 g/mol. The number of pyridine rings is 1. The van der Waals surface area contributed by atoms with Crippen molar-refractivity contribution in [3.8, 4) is 5.88 Å². The largest absolute Gasteiger partial charge is 0.481 e. The van der Waals surface area contributed by atoms with Crippen molar-refractivity contribution in [2.45, 2.75) is 12.9 Å². The van der Waals surface area contributed by atoms with Crippen molar-refractivity contribution in [3.05, 3.63) is 22.3 Å². The Morgan fingerprint density at radius 1 is 1.56 bits per heavy atom. The van der Waals surface area contributed by atoms with E-state index in [9.17, 15) is 0 Å². The van der Waals surface area contributed by atoms with Crippen LogP contribution in [0.15, 0.2) is 6.07 Å². The summed E-state index contributed by atoms with van der Waals surface area (Å²) in [7, 11) is 1.50. The second-order valence-electron chi connectivity index (χ2n) is 3.25. The molecule has 0 unspecified atom stereocenters. The molecule has 1 aromatic heterocycles. The molecule has 16 heavy (non-hydrogen) atoms. The van der Waals surface area contributed by atoms with E-state index in [2.05, 4.69) is 4.98 Å². The molecule has 1 saturated heterocycles. The fourth-order valence-corrected chi connectivity index (χ4v) is 1.72. The number of aliphatic hydroxyl groups excluding tert-OH is 1. The van der Waals surface area contributed by atoms with Crippen molar-refractivity contribution in [1.82, 2.24) is 4.98 Å². The summed E-state index contributed by atoms with van der Waals surface area (Å²) in [5.74, 6) is 0.361. The summed E-state index contributed by atoms with van der Waals surface area (Å²) in [4.78, 5) is 4.09. The maximum atomic E-state index is 9.03. The van der Waals surface area contributed by atoms with Crippen molar-refractivity contribution in [2.75, 3.05) is 20.3 Å². The van der Waals surface area contributed by atoms with Gasteiger partial charge in [-0.3, -0.25) is 0 Å². The van der Waals surface area contributed by atoms with Gasteiger partial charge < -0.3 is 19.3 Å². The Bertz CT molecular complexity index is 379. The predicted molar refractivity (Wildman–Crippen MR) is 56.4 cm³/mol. The summed E-state index contributed by atoms with van der Waals surface area (Å²) in [5, 5.41) is 9.40. The summed E-state index contributed by atoms with van der Waals surface area (Å²) in [6.07, 6.45) is -0.493. The minimum absolute atomic E-state index is 0.234. The van der Waals surface area contributed by atoms with Crippen LogP contribution in [0.1, 0.15) is 17.5 Å². The number of nitrogens with zero attached hydrogens (tertiary/aromatic N) is 1. The molecule has 1 aliphatic rings. The highest BCUT2D eigenvalue weighted by atomic mass is 35.5. The van der Waals surface area contributed by atoms with E-state index < -0.39 is 6.29 Å². The van der Waals surface area contributed by atoms with Crippen molar-refractivity contribution in [1.29, 1.82) is 0 Å². The number of hydrogen-bond acceptors (Lipinski definition) is 5. The van der Waals surface area contributed by atoms with Crippen molar-refractivity contribution < 1.29 is 19.3 Å². The molecule has 1 aliphatic heterocycles. The molecule has 0 amide bonds. The number of aromatic nitrogens is 1. The lowest BCUT2D eigenvalue weighted by Crippen LogP contribution is -2.05. The predicted octanol–water partition coefficient (Wildman–Crippen LogP) is 1.28. The smallest absolute Gasteiger partial charge is 0.221 e. The van der Waals surface area contributed by atoms with Gasteiger partial charge in [-0.15, -0.1) is 0 Å². The van der Waals surface area contributed by atoms with Crippen LogP contribution in [0, 0.1) is 0 Å². The Kier molecular flexibility index (Phi) is 3.60. The quantitative estimate of drug-likeness (QED) is 0.869. The van der Waals surface area contributed by atoms with Crippen LogP contribution in [-0.4, -0.2) is 30.4 Å². The van der Waals surface area contributed by atoms with Gasteiger partial charge in [-0.25, -0.2) is 4.98 Å². The number of aliphatic hydroxyl groups is 1. The number of methoxy groups -OCH3 is 1. The van der Waals surface area contributed by atoms with Gasteiger partial charge >= 0.3 is 0 Å². The van der Waals surface area contributed by atoms with Crippen LogP contribution >= 0.6 is 11.6 Å². The van der Waals surface area contributed by atoms with Crippen LogP contribution in [0.2, 0.25) is 5.02 Å². The Morgan fingerprint density at radius 3 is 2.81 bits per heavy atom. The van der Waals surface area contributed by atoms with Gasteiger partial charge in [-0.05, 0) is 6.07 Å². The van der Waals surface area contributed by atoms with Gasteiger partial charge in [0.1, 0.15) is 0 Å². The molecule has 0 bridgehead atoms. The van der Waals surface area contributed by atoms with Gasteiger partial charge in [0.15, 0.2) is 6.29 Å². The maximum Gasteiger partial charge on any atom is 0.221 e. The third-order valence-electron chi connectivity index (χ3n) is 2.26. The lowest BCUT2D eigenvalue weighted by molar-refractivity contribution is -0.0458. The molecule has 0 aromatic carbocycles. The van der Waals surface area contributed by atoms with E-state index in [1.165, 1.54) is 7.11 Å². The molecule has 0 spiro atoms. The second kappa shape index (κ2) is 4.97. The van der Waals surface area contributed by atoms with Crippen LogP contribution in [0.3, 0.4) is 0 Å². The molecule has 2 heterocycles. The Hall–Kier alpha value is -0.880. The SMILES string of the molecule is COc1nc(CO)c(Cl)cc1C1OCCO1. The highest BCUT2D eigenvalue weighted by Gasteiger charge is 2.24. The van der Waals surface area contributed by atoms with Crippen molar-refractivity contribution in [3.63, 3.8) is 0 Å². The average Bonchev–Trinajstić information content (AvgIpc) is 2.82. The Labute approximate surface area is 97.9 Å². The standard InChI is InChI=1S/C10H12ClNO4/c1-14-9-6(10-15-2-3-16-10)4-7(11)8(5-13)12-9/h4,10,13H,2-3,5H2,1H3. The van der Waals surface area contributed by atoms with Crippen molar-refractivity contribution >= 4 is 11.6 Å². The zero-order chi connectivity index (χ0) is 11.5. The third-order valence-corrected chi connectivity index (χ3v) is 2.59. The first-order valence-electron chi connectivity index (χ1n) is 4.83. The topological polar surface area (TPSA) is 60.8 Å². The lowest BCUT2D eigenvalue weighted by Gasteiger charge is -2.14. The fourth-order valence-electron chi connectivity index (χ4n) is 1.50. The van der Waals surface area contributed by atoms with E-state index >= 15 is 0 Å². The van der Waals surface area contributed by atoms with E-state index in [-0.39, 0.29) is 6.61 Å². The summed E-state index contributed by atoms with van der Waals surface area (Å²) >= 11 is 5.95. The molecule has 2 rings (SSSR count). The zero-order valence-electron chi connectivity index (χ0n) is 8.77. The first-order valence-corrected chi connectivity index (χ1v) is 5.21. The molecular formula is C10H12ClNO4. The summed E-state index contributed by atoms with van der Waals surface area (Å²) in [5.41, 5.74) is 1.02. The molecule has 0 saturated carbocycles. The highest BCUT2D eigenvalue weighted by Crippen LogP contribution is 2.33. The van der Waals surface area contributed by atoms with E-state index in [4.69, 9.17) is 30.9 Å². The number of hydrogen-bond donors (Lipinski definition) is 1. The summed E-state index contributed by atoms with van der Waals surface area (Å²) < 4.78 is 15.8. The van der Waals surface area contributed by atoms with Crippen LogP contribution in [0.4, 0.5) is 0 Å². The number of rotatable bonds is 3. The molecule has 1 fully saturated rings. The van der Waals surface area contributed by atoms with Gasteiger partial charge in [-0.2, -0.15) is 0 Å². The zero-order valence-corrected chi connectivity index (χ0v) is 9.53. The van der Waals surface area contributed by atoms with Gasteiger partial charge in [0.25, 0.3) is 0 Å². The molecule has 88 valence electrons. The van der Waals surface area contributed by atoms with Crippen LogP contribution < -0.4 is 4.74 Å². The third kappa shape index (κ3) is 2.12. The van der Waals surface area contributed by atoms with Crippen LogP contribution in [0.25, 0.3) is 0 Å². The molecule has 0 radical (unpaired) electrons. The van der Waals surface area contributed by atoms with Crippen LogP contribution in [0.5, 0.6) is 5.88 Å².